The van der Waals surface area contributed by atoms with Crippen molar-refractivity contribution in [1.82, 2.24) is 9.78 Å². The van der Waals surface area contributed by atoms with E-state index in [0.717, 1.165) is 28.2 Å². The number of aromatic nitrogens is 2. The number of hydrogen-bond acceptors (Lipinski definition) is 2. The molecule has 1 aliphatic carbocycles. The van der Waals surface area contributed by atoms with Crippen LogP contribution in [0.2, 0.25) is 0 Å². The lowest BCUT2D eigenvalue weighted by atomic mass is 9.86. The highest BCUT2D eigenvalue weighted by Gasteiger charge is 2.30. The van der Waals surface area contributed by atoms with Crippen LogP contribution in [0, 0.1) is 13.8 Å². The predicted octanol–water partition coefficient (Wildman–Crippen LogP) is 4.77. The van der Waals surface area contributed by atoms with Gasteiger partial charge in [0.2, 0.25) is 0 Å². The van der Waals surface area contributed by atoms with Gasteiger partial charge in [-0.05, 0) is 26.0 Å². The van der Waals surface area contributed by atoms with Crippen LogP contribution in [0.3, 0.4) is 0 Å². The van der Waals surface area contributed by atoms with Crippen LogP contribution in [-0.4, -0.2) is 15.6 Å². The third kappa shape index (κ3) is 2.80. The summed E-state index contributed by atoms with van der Waals surface area (Å²) in [6, 6.07) is 16.9. The first kappa shape index (κ1) is 15.8. The van der Waals surface area contributed by atoms with Crippen LogP contribution in [0.4, 0.5) is 0 Å². The Balaban J connectivity index is 1.97. The molecular formula is C22H22N2O. The molecule has 2 aromatic carbocycles. The normalized spacial score (nSPS) is 16.8. The highest BCUT2D eigenvalue weighted by molar-refractivity contribution is 5.86. The second-order valence-electron chi connectivity index (χ2n) is 7.15. The molecule has 1 unspecified atom stereocenters. The Kier molecular flexibility index (Phi) is 3.79. The van der Waals surface area contributed by atoms with E-state index in [4.69, 9.17) is 5.10 Å². The largest absolute Gasteiger partial charge is 0.299 e. The van der Waals surface area contributed by atoms with Crippen molar-refractivity contribution >= 4 is 5.78 Å². The zero-order chi connectivity index (χ0) is 17.6. The van der Waals surface area contributed by atoms with Gasteiger partial charge in [-0.3, -0.25) is 4.79 Å². The topological polar surface area (TPSA) is 34.9 Å². The fraction of sp³-hybridized carbons (Fsp3) is 0.273. The van der Waals surface area contributed by atoms with E-state index in [1.54, 1.807) is 0 Å². The molecule has 4 rings (SSSR count). The predicted molar refractivity (Wildman–Crippen MR) is 100 cm³/mol. The van der Waals surface area contributed by atoms with Crippen molar-refractivity contribution in [3.05, 3.63) is 70.9 Å². The second-order valence-corrected chi connectivity index (χ2v) is 7.15. The fourth-order valence-corrected chi connectivity index (χ4v) is 3.63. The second kappa shape index (κ2) is 5.99. The van der Waals surface area contributed by atoms with Gasteiger partial charge in [-0.2, -0.15) is 5.10 Å². The van der Waals surface area contributed by atoms with Crippen LogP contribution in [0.25, 0.3) is 16.9 Å². The summed E-state index contributed by atoms with van der Waals surface area (Å²) < 4.78 is 2.02. The van der Waals surface area contributed by atoms with Crippen molar-refractivity contribution in [2.75, 3.05) is 0 Å². The van der Waals surface area contributed by atoms with Gasteiger partial charge < -0.3 is 0 Å². The molecule has 25 heavy (non-hydrogen) atoms. The Morgan fingerprint density at radius 2 is 1.56 bits per heavy atom. The Bertz CT molecular complexity index is 933. The van der Waals surface area contributed by atoms with E-state index in [1.165, 1.54) is 11.1 Å². The minimum absolute atomic E-state index is 0.173. The molecule has 1 heterocycles. The minimum atomic E-state index is 0.173. The van der Waals surface area contributed by atoms with Gasteiger partial charge in [-0.1, -0.05) is 54.4 Å². The SMILES string of the molecule is Cc1ccc(-c2c3c(nn2-c2ccc(C)cc2)C(C)CC(=O)C3)cc1. The number of rotatable bonds is 2. The molecular weight excluding hydrogens is 308 g/mol. The van der Waals surface area contributed by atoms with Crippen LogP contribution in [0.5, 0.6) is 0 Å². The lowest BCUT2D eigenvalue weighted by Gasteiger charge is -2.17. The van der Waals surface area contributed by atoms with Gasteiger partial charge in [0, 0.05) is 29.9 Å². The molecule has 0 radical (unpaired) electrons. The highest BCUT2D eigenvalue weighted by Crippen LogP contribution is 2.37. The Morgan fingerprint density at radius 3 is 2.20 bits per heavy atom. The number of carbonyl (C=O) groups excluding carboxylic acids is 1. The summed E-state index contributed by atoms with van der Waals surface area (Å²) in [5, 5.41) is 4.93. The zero-order valence-electron chi connectivity index (χ0n) is 14.9. The van der Waals surface area contributed by atoms with Gasteiger partial charge >= 0.3 is 0 Å². The first-order valence-electron chi connectivity index (χ1n) is 8.80. The smallest absolute Gasteiger partial charge is 0.138 e. The number of fused-ring (bicyclic) bond motifs is 1. The standard InChI is InChI=1S/C22H22N2O/c1-14-4-8-17(9-5-14)22-20-13-19(25)12-16(3)21(20)23-24(22)18-10-6-15(2)7-11-18/h4-11,16H,12-13H2,1-3H3. The van der Waals surface area contributed by atoms with Crippen LogP contribution >= 0.6 is 0 Å². The van der Waals surface area contributed by atoms with Gasteiger partial charge in [-0.25, -0.2) is 4.68 Å². The summed E-state index contributed by atoms with van der Waals surface area (Å²) in [6.45, 7) is 6.27. The number of ketones is 1. The van der Waals surface area contributed by atoms with Crippen molar-refractivity contribution in [2.24, 2.45) is 0 Å². The van der Waals surface area contributed by atoms with Crippen LogP contribution in [0.15, 0.2) is 48.5 Å². The molecule has 0 bridgehead atoms. The molecule has 126 valence electrons. The molecule has 1 aliphatic rings. The number of nitrogens with zero attached hydrogens (tertiary/aromatic N) is 2. The summed E-state index contributed by atoms with van der Waals surface area (Å²) in [5.74, 6) is 0.476. The van der Waals surface area contributed by atoms with E-state index >= 15 is 0 Å². The van der Waals surface area contributed by atoms with E-state index in [2.05, 4.69) is 69.3 Å². The number of benzene rings is 2. The van der Waals surface area contributed by atoms with Crippen molar-refractivity contribution in [2.45, 2.75) is 39.5 Å². The lowest BCUT2D eigenvalue weighted by molar-refractivity contribution is -0.119. The van der Waals surface area contributed by atoms with Crippen molar-refractivity contribution in [1.29, 1.82) is 0 Å². The third-order valence-corrected chi connectivity index (χ3v) is 4.99. The van der Waals surface area contributed by atoms with Crippen molar-refractivity contribution < 1.29 is 4.79 Å². The number of Topliss-reactive ketones (excluding diaryl/α,β-unsaturated/α-hetero) is 1. The molecule has 0 spiro atoms. The first-order chi connectivity index (χ1) is 12.0. The summed E-state index contributed by atoms with van der Waals surface area (Å²) in [6.07, 6.45) is 1.07. The van der Waals surface area contributed by atoms with Gasteiger partial charge in [0.1, 0.15) is 5.78 Å². The first-order valence-corrected chi connectivity index (χ1v) is 8.80. The quantitative estimate of drug-likeness (QED) is 0.678. The molecule has 0 saturated carbocycles. The fourth-order valence-electron chi connectivity index (χ4n) is 3.63. The molecule has 0 fully saturated rings. The maximum absolute atomic E-state index is 12.2. The maximum atomic E-state index is 12.2. The van der Waals surface area contributed by atoms with E-state index in [-0.39, 0.29) is 5.92 Å². The van der Waals surface area contributed by atoms with Gasteiger partial charge in [0.15, 0.2) is 0 Å². The van der Waals surface area contributed by atoms with Crippen LogP contribution in [-0.2, 0) is 11.2 Å². The molecule has 0 saturated heterocycles. The Labute approximate surface area is 148 Å². The van der Waals surface area contributed by atoms with Gasteiger partial charge in [-0.15, -0.1) is 0 Å². The van der Waals surface area contributed by atoms with Gasteiger partial charge in [0.05, 0.1) is 17.1 Å². The molecule has 3 aromatic rings. The highest BCUT2D eigenvalue weighted by atomic mass is 16.1. The average molecular weight is 330 g/mol. The maximum Gasteiger partial charge on any atom is 0.138 e. The Morgan fingerprint density at radius 1 is 0.960 bits per heavy atom. The molecule has 1 atom stereocenters. The van der Waals surface area contributed by atoms with E-state index in [0.29, 0.717) is 18.6 Å². The summed E-state index contributed by atoms with van der Waals surface area (Å²) in [7, 11) is 0. The average Bonchev–Trinajstić information content (AvgIpc) is 2.96. The molecule has 3 heteroatoms. The summed E-state index contributed by atoms with van der Waals surface area (Å²) >= 11 is 0. The van der Waals surface area contributed by atoms with E-state index in [1.807, 2.05) is 4.68 Å². The summed E-state index contributed by atoms with van der Waals surface area (Å²) in [4.78, 5) is 12.2. The third-order valence-electron chi connectivity index (χ3n) is 4.99. The van der Waals surface area contributed by atoms with E-state index in [9.17, 15) is 4.79 Å². The van der Waals surface area contributed by atoms with Crippen molar-refractivity contribution in [3.63, 3.8) is 0 Å². The molecule has 0 amide bonds. The minimum Gasteiger partial charge on any atom is -0.299 e. The van der Waals surface area contributed by atoms with Crippen LogP contribution < -0.4 is 0 Å². The van der Waals surface area contributed by atoms with Gasteiger partial charge in [0.25, 0.3) is 0 Å². The molecule has 0 N–H and O–H groups in total. The number of hydrogen-bond donors (Lipinski definition) is 0. The molecule has 1 aromatic heterocycles. The molecule has 0 aliphatic heterocycles. The van der Waals surface area contributed by atoms with Crippen molar-refractivity contribution in [3.8, 4) is 16.9 Å². The number of carbonyl (C=O) groups is 1. The Hall–Kier alpha value is -2.68. The number of aryl methyl sites for hydroxylation is 2. The van der Waals surface area contributed by atoms with E-state index < -0.39 is 0 Å². The lowest BCUT2D eigenvalue weighted by Crippen LogP contribution is -2.16. The zero-order valence-corrected chi connectivity index (χ0v) is 14.9. The monoisotopic (exact) mass is 330 g/mol. The van der Waals surface area contributed by atoms with Crippen LogP contribution in [0.1, 0.15) is 41.6 Å². The summed E-state index contributed by atoms with van der Waals surface area (Å²) in [5.41, 5.74) is 7.81. The molecule has 3 nitrogen and oxygen atoms in total.